The molecule has 0 spiro atoms. The molecule has 10 heteroatoms. The average molecular weight is 408 g/mol. The van der Waals surface area contributed by atoms with Gasteiger partial charge in [0.2, 0.25) is 0 Å². The molecule has 0 bridgehead atoms. The van der Waals surface area contributed by atoms with Crippen LogP contribution in [0.2, 0.25) is 5.02 Å². The summed E-state index contributed by atoms with van der Waals surface area (Å²) >= 11 is 5.82. The number of nitrogens with zero attached hydrogens (tertiary/aromatic N) is 1. The third-order valence-corrected chi connectivity index (χ3v) is 3.49. The molecule has 5 nitrogen and oxygen atoms in total. The zero-order chi connectivity index (χ0) is 19.5. The predicted molar refractivity (Wildman–Crippen MR) is 82.8 cm³/mol. The number of rotatable bonds is 5. The molecule has 0 N–H and O–H groups in total. The van der Waals surface area contributed by atoms with E-state index in [0.29, 0.717) is 0 Å². The van der Waals surface area contributed by atoms with Crippen LogP contribution in [0.25, 0.3) is 0 Å². The Kier molecular flexibility index (Phi) is 7.99. The Hall–Kier alpha value is -1.92. The molecule has 0 fully saturated rings. The number of carboxylic acids is 1. The molecule has 136 valence electrons. The first-order valence-electron chi connectivity index (χ1n) is 7.08. The number of halogens is 4. The summed E-state index contributed by atoms with van der Waals surface area (Å²) in [6.07, 6.45) is -5.87. The third-order valence-electron chi connectivity index (χ3n) is 3.20. The molecule has 0 aliphatic carbocycles. The second kappa shape index (κ2) is 9.33. The number of carbonyl (C=O) groups excluding carboxylic acids is 1. The van der Waals surface area contributed by atoms with Gasteiger partial charge in [-0.3, -0.25) is 0 Å². The molecule has 1 unspecified atom stereocenters. The summed E-state index contributed by atoms with van der Waals surface area (Å²) in [7, 11) is 0. The fourth-order valence-electron chi connectivity index (χ4n) is 1.88. The molecule has 0 saturated heterocycles. The second-order valence-corrected chi connectivity index (χ2v) is 5.50. The van der Waals surface area contributed by atoms with Crippen molar-refractivity contribution in [2.24, 2.45) is 0 Å². The number of aliphatic carboxylic acids is 1. The largest absolute Gasteiger partial charge is 1.00 e. The first-order chi connectivity index (χ1) is 12.1. The number of alkyl halides is 3. The van der Waals surface area contributed by atoms with E-state index in [1.807, 2.05) is 6.07 Å². The Morgan fingerprint density at radius 1 is 1.22 bits per heavy atom. The minimum atomic E-state index is -4.54. The number of hydrogen-bond donors (Lipinski definition) is 0. The Morgan fingerprint density at radius 3 is 2.41 bits per heavy atom. The fraction of sp³-hybridized carbons (Fsp3) is 0.176. The summed E-state index contributed by atoms with van der Waals surface area (Å²) < 4.78 is 48.5. The van der Waals surface area contributed by atoms with Crippen molar-refractivity contribution in [3.8, 4) is 23.3 Å². The van der Waals surface area contributed by atoms with Crippen LogP contribution in [0.5, 0.6) is 17.2 Å². The Bertz CT molecular complexity index is 883. The standard InChI is InChI=1S/C17H11ClF3NO4.Na/c1-9(16(23)24)25-15-7-12(4-2-10(15)8-22)26-14-5-3-11(6-13(14)18)17(19,20)21;/h2-7,9H,1H3,(H,23,24);/q;+1/p-1. The van der Waals surface area contributed by atoms with Crippen LogP contribution in [0.4, 0.5) is 13.2 Å². The van der Waals surface area contributed by atoms with Gasteiger partial charge in [-0.25, -0.2) is 0 Å². The van der Waals surface area contributed by atoms with Crippen LogP contribution in [-0.2, 0) is 11.0 Å². The normalized spacial score (nSPS) is 11.7. The number of carbonyl (C=O) groups is 1. The zero-order valence-electron chi connectivity index (χ0n) is 14.1. The zero-order valence-corrected chi connectivity index (χ0v) is 16.9. The van der Waals surface area contributed by atoms with Gasteiger partial charge in [0.05, 0.1) is 22.1 Å². The second-order valence-electron chi connectivity index (χ2n) is 5.09. The monoisotopic (exact) mass is 407 g/mol. The van der Waals surface area contributed by atoms with Crippen LogP contribution < -0.4 is 44.1 Å². The molecular weight excluding hydrogens is 398 g/mol. The molecule has 0 aliphatic rings. The van der Waals surface area contributed by atoms with E-state index < -0.39 is 23.8 Å². The molecule has 2 aromatic rings. The van der Waals surface area contributed by atoms with Gasteiger partial charge in [-0.1, -0.05) is 11.6 Å². The molecule has 0 radical (unpaired) electrons. The Labute approximate surface area is 179 Å². The van der Waals surface area contributed by atoms with E-state index in [1.165, 1.54) is 25.1 Å². The maximum atomic E-state index is 12.6. The molecule has 0 amide bonds. The van der Waals surface area contributed by atoms with E-state index in [4.69, 9.17) is 26.3 Å². The van der Waals surface area contributed by atoms with Crippen molar-refractivity contribution in [2.75, 3.05) is 0 Å². The van der Waals surface area contributed by atoms with Gasteiger partial charge in [-0.2, -0.15) is 18.4 Å². The fourth-order valence-corrected chi connectivity index (χ4v) is 2.10. The summed E-state index contributed by atoms with van der Waals surface area (Å²) in [6, 6.07) is 8.30. The van der Waals surface area contributed by atoms with Crippen LogP contribution in [-0.4, -0.2) is 12.1 Å². The first kappa shape index (κ1) is 23.1. The molecule has 0 aliphatic heterocycles. The molecular formula is C17H10ClF3NNaO4. The van der Waals surface area contributed by atoms with Gasteiger partial charge in [-0.15, -0.1) is 0 Å². The summed E-state index contributed by atoms with van der Waals surface area (Å²) in [5, 5.41) is 19.5. The number of nitriles is 1. The summed E-state index contributed by atoms with van der Waals surface area (Å²) in [5.41, 5.74) is -0.884. The van der Waals surface area contributed by atoms with Gasteiger partial charge >= 0.3 is 35.7 Å². The number of hydrogen-bond acceptors (Lipinski definition) is 5. The van der Waals surface area contributed by atoms with E-state index >= 15 is 0 Å². The van der Waals surface area contributed by atoms with Crippen molar-refractivity contribution in [3.05, 3.63) is 52.5 Å². The maximum Gasteiger partial charge on any atom is 1.00 e. The van der Waals surface area contributed by atoms with Crippen LogP contribution in [0.3, 0.4) is 0 Å². The number of carboxylic acid groups (broad SMARTS) is 1. The average Bonchev–Trinajstić information content (AvgIpc) is 2.56. The minimum absolute atomic E-state index is 0. The van der Waals surface area contributed by atoms with E-state index in [9.17, 15) is 23.1 Å². The van der Waals surface area contributed by atoms with E-state index in [0.717, 1.165) is 18.2 Å². The van der Waals surface area contributed by atoms with Gasteiger partial charge in [0.15, 0.2) is 0 Å². The smallest absolute Gasteiger partial charge is 0.546 e. The van der Waals surface area contributed by atoms with Crippen molar-refractivity contribution in [1.82, 2.24) is 0 Å². The molecule has 2 aromatic carbocycles. The van der Waals surface area contributed by atoms with Crippen molar-refractivity contribution in [1.29, 1.82) is 5.26 Å². The van der Waals surface area contributed by atoms with Crippen LogP contribution in [0.1, 0.15) is 18.1 Å². The molecule has 27 heavy (non-hydrogen) atoms. The summed E-state index contributed by atoms with van der Waals surface area (Å²) in [5.74, 6) is -1.52. The first-order valence-corrected chi connectivity index (χ1v) is 7.46. The van der Waals surface area contributed by atoms with Crippen molar-refractivity contribution in [2.45, 2.75) is 19.2 Å². The van der Waals surface area contributed by atoms with Gasteiger partial charge < -0.3 is 19.4 Å². The number of ether oxygens (including phenoxy) is 2. The molecule has 1 atom stereocenters. The van der Waals surface area contributed by atoms with E-state index in [2.05, 4.69) is 0 Å². The molecule has 0 heterocycles. The Balaban J connectivity index is 0.00000364. The minimum Gasteiger partial charge on any atom is -0.546 e. The molecule has 2 rings (SSSR count). The summed E-state index contributed by atoms with van der Waals surface area (Å²) in [4.78, 5) is 10.8. The van der Waals surface area contributed by atoms with Crippen LogP contribution in [0.15, 0.2) is 36.4 Å². The maximum absolute atomic E-state index is 12.6. The van der Waals surface area contributed by atoms with Crippen molar-refractivity contribution in [3.63, 3.8) is 0 Å². The predicted octanol–water partition coefficient (Wildman–Crippen LogP) is 0.544. The van der Waals surface area contributed by atoms with E-state index in [-0.39, 0.29) is 57.4 Å². The molecule has 0 aromatic heterocycles. The van der Waals surface area contributed by atoms with Gasteiger partial charge in [0.1, 0.15) is 29.4 Å². The van der Waals surface area contributed by atoms with Crippen LogP contribution in [0, 0.1) is 11.3 Å². The van der Waals surface area contributed by atoms with Crippen LogP contribution >= 0.6 is 11.6 Å². The Morgan fingerprint density at radius 2 is 1.89 bits per heavy atom. The number of benzene rings is 2. The van der Waals surface area contributed by atoms with Gasteiger partial charge in [-0.05, 0) is 37.3 Å². The SMILES string of the molecule is CC(Oc1cc(Oc2ccc(C(F)(F)F)cc2Cl)ccc1C#N)C(=O)[O-].[Na+]. The summed E-state index contributed by atoms with van der Waals surface area (Å²) in [6.45, 7) is 1.22. The van der Waals surface area contributed by atoms with Gasteiger partial charge in [0, 0.05) is 6.07 Å². The van der Waals surface area contributed by atoms with Crippen molar-refractivity contribution >= 4 is 17.6 Å². The van der Waals surface area contributed by atoms with Gasteiger partial charge in [0.25, 0.3) is 0 Å². The quantitative estimate of drug-likeness (QED) is 0.676. The molecule has 0 saturated carbocycles. The third kappa shape index (κ3) is 6.04. The topological polar surface area (TPSA) is 82.4 Å². The van der Waals surface area contributed by atoms with E-state index in [1.54, 1.807) is 0 Å². The van der Waals surface area contributed by atoms with Crippen molar-refractivity contribution < 1.29 is 62.1 Å².